The number of aromatic nitrogens is 1. The van der Waals surface area contributed by atoms with Crippen LogP contribution in [-0.2, 0) is 28.2 Å². The number of alkyl halides is 3. The lowest BCUT2D eigenvalue weighted by atomic mass is 9.94. The third kappa shape index (κ3) is 3.62. The van der Waals surface area contributed by atoms with Gasteiger partial charge in [0.05, 0.1) is 12.3 Å². The predicted octanol–water partition coefficient (Wildman–Crippen LogP) is 3.35. The number of rotatable bonds is 2. The fourth-order valence-electron chi connectivity index (χ4n) is 3.68. The number of carbonyl (C=O) groups excluding carboxylic acids is 2. The molecule has 0 saturated heterocycles. The Kier molecular flexibility index (Phi) is 4.95. The van der Waals surface area contributed by atoms with E-state index in [-0.39, 0.29) is 47.5 Å². The average Bonchev–Trinajstić information content (AvgIpc) is 2.96. The topological polar surface area (TPSA) is 80.3 Å². The maximum absolute atomic E-state index is 14.0. The smallest absolute Gasteiger partial charge is 0.356 e. The molecule has 31 heavy (non-hydrogen) atoms. The van der Waals surface area contributed by atoms with Crippen LogP contribution < -0.4 is 10.6 Å². The Labute approximate surface area is 172 Å². The van der Waals surface area contributed by atoms with Crippen molar-refractivity contribution in [3.05, 3.63) is 58.4 Å². The van der Waals surface area contributed by atoms with Gasteiger partial charge < -0.3 is 15.4 Å². The normalized spacial score (nSPS) is 22.9. The zero-order valence-corrected chi connectivity index (χ0v) is 16.1. The first-order chi connectivity index (χ1) is 14.5. The van der Waals surface area contributed by atoms with Crippen molar-refractivity contribution in [2.75, 3.05) is 5.32 Å². The van der Waals surface area contributed by atoms with E-state index in [1.54, 1.807) is 0 Å². The number of fused-ring (bicyclic) bond motifs is 2. The molecule has 2 aliphatic heterocycles. The molecule has 1 unspecified atom stereocenters. The first-order valence-electron chi connectivity index (χ1n) is 9.29. The molecule has 0 aliphatic carbocycles. The molecule has 164 valence electrons. The van der Waals surface area contributed by atoms with Gasteiger partial charge in [0.25, 0.3) is 5.91 Å². The Bertz CT molecular complexity index is 1090. The summed E-state index contributed by atoms with van der Waals surface area (Å²) in [6.07, 6.45) is -3.46. The molecule has 0 saturated carbocycles. The zero-order valence-electron chi connectivity index (χ0n) is 16.1. The molecule has 0 spiro atoms. The van der Waals surface area contributed by atoms with Gasteiger partial charge >= 0.3 is 6.18 Å². The number of nitrogens with zero attached hydrogens (tertiary/aromatic N) is 1. The van der Waals surface area contributed by atoms with Gasteiger partial charge in [-0.25, -0.2) is 8.78 Å². The van der Waals surface area contributed by atoms with Gasteiger partial charge in [0.2, 0.25) is 5.91 Å². The monoisotopic (exact) mass is 441 g/mol. The molecule has 2 aromatic rings. The van der Waals surface area contributed by atoms with Crippen molar-refractivity contribution >= 4 is 17.5 Å². The largest absolute Gasteiger partial charge is 0.421 e. The Hall–Kier alpha value is -3.08. The minimum atomic E-state index is -4.71. The number of carbonyl (C=O) groups is 2. The van der Waals surface area contributed by atoms with Gasteiger partial charge in [0.15, 0.2) is 5.60 Å². The van der Waals surface area contributed by atoms with Crippen LogP contribution in [0.4, 0.5) is 27.6 Å². The molecule has 11 heteroatoms. The summed E-state index contributed by atoms with van der Waals surface area (Å²) >= 11 is 0. The van der Waals surface area contributed by atoms with Gasteiger partial charge in [-0.15, -0.1) is 0 Å². The summed E-state index contributed by atoms with van der Waals surface area (Å²) in [4.78, 5) is 28.9. The summed E-state index contributed by atoms with van der Waals surface area (Å²) < 4.78 is 72.7. The second-order valence-corrected chi connectivity index (χ2v) is 7.52. The number of hydrogen-bond acceptors (Lipinski definition) is 4. The minimum Gasteiger partial charge on any atom is -0.356 e. The van der Waals surface area contributed by atoms with Crippen molar-refractivity contribution in [1.29, 1.82) is 0 Å². The quantitative estimate of drug-likeness (QED) is 0.701. The number of aryl methyl sites for hydroxylation is 1. The molecular formula is C20H16F5N3O3. The van der Waals surface area contributed by atoms with E-state index in [4.69, 9.17) is 4.74 Å². The van der Waals surface area contributed by atoms with E-state index < -0.39 is 41.3 Å². The average molecular weight is 441 g/mol. The number of halogens is 5. The molecule has 0 bridgehead atoms. The van der Waals surface area contributed by atoms with Crippen LogP contribution in [0.3, 0.4) is 0 Å². The molecule has 2 aliphatic rings. The van der Waals surface area contributed by atoms with E-state index in [0.717, 1.165) is 25.3 Å². The zero-order chi connectivity index (χ0) is 22.6. The first-order valence-corrected chi connectivity index (χ1v) is 9.29. The van der Waals surface area contributed by atoms with Crippen molar-refractivity contribution in [3.63, 3.8) is 0 Å². The summed E-state index contributed by atoms with van der Waals surface area (Å²) in [5.74, 6) is -3.36. The van der Waals surface area contributed by atoms with Crippen molar-refractivity contribution < 1.29 is 36.3 Å². The van der Waals surface area contributed by atoms with Crippen LogP contribution >= 0.6 is 0 Å². The van der Waals surface area contributed by atoms with Gasteiger partial charge in [-0.2, -0.15) is 13.2 Å². The van der Waals surface area contributed by atoms with Crippen LogP contribution in [0.1, 0.15) is 40.5 Å². The van der Waals surface area contributed by atoms with Crippen LogP contribution in [0.5, 0.6) is 0 Å². The van der Waals surface area contributed by atoms with Crippen molar-refractivity contribution in [3.8, 4) is 0 Å². The lowest BCUT2D eigenvalue weighted by Gasteiger charge is -2.27. The first kappa shape index (κ1) is 21.2. The molecule has 1 aromatic heterocycles. The van der Waals surface area contributed by atoms with Gasteiger partial charge in [0, 0.05) is 23.4 Å². The number of nitrogens with one attached hydrogen (secondary N) is 2. The van der Waals surface area contributed by atoms with Crippen LogP contribution in [0.15, 0.2) is 24.4 Å². The molecule has 4 rings (SSSR count). The Morgan fingerprint density at radius 1 is 1.26 bits per heavy atom. The molecule has 6 nitrogen and oxygen atoms in total. The van der Waals surface area contributed by atoms with Crippen LogP contribution in [0.25, 0.3) is 0 Å². The van der Waals surface area contributed by atoms with E-state index in [1.807, 2.05) is 0 Å². The molecule has 3 heterocycles. The molecule has 2 N–H and O–H groups in total. The second-order valence-electron chi connectivity index (χ2n) is 7.52. The standard InChI is InChI=1S/C20H16F5N3O3/c1-19(20(23,24)25)12-6-15(26-7-10(12)8-31-19)18(30)27-14-3-2-9-4-11(21)5-13(22)16(9)28-17(14)29/h4-7,14H,2-3,8H2,1H3,(H,27,30)(H,28,29)/t14-,19?/m0/s1. The highest BCUT2D eigenvalue weighted by atomic mass is 19.4. The van der Waals surface area contributed by atoms with E-state index in [2.05, 4.69) is 15.6 Å². The van der Waals surface area contributed by atoms with Crippen molar-refractivity contribution in [2.24, 2.45) is 0 Å². The third-order valence-electron chi connectivity index (χ3n) is 5.50. The van der Waals surface area contributed by atoms with Gasteiger partial charge in [-0.1, -0.05) is 0 Å². The summed E-state index contributed by atoms with van der Waals surface area (Å²) in [7, 11) is 0. The van der Waals surface area contributed by atoms with Gasteiger partial charge in [0.1, 0.15) is 23.4 Å². The third-order valence-corrected chi connectivity index (χ3v) is 5.50. The van der Waals surface area contributed by atoms with E-state index >= 15 is 0 Å². The van der Waals surface area contributed by atoms with E-state index in [0.29, 0.717) is 6.07 Å². The fraction of sp³-hybridized carbons (Fsp3) is 0.350. The number of anilines is 1. The van der Waals surface area contributed by atoms with Crippen LogP contribution in [0, 0.1) is 11.6 Å². The maximum atomic E-state index is 14.0. The number of amides is 2. The number of benzene rings is 1. The minimum absolute atomic E-state index is 0.0295. The molecule has 0 radical (unpaired) electrons. The van der Waals surface area contributed by atoms with Crippen LogP contribution in [-0.4, -0.2) is 29.0 Å². The van der Waals surface area contributed by atoms with Crippen molar-refractivity contribution in [1.82, 2.24) is 10.3 Å². The molecule has 2 amide bonds. The van der Waals surface area contributed by atoms with E-state index in [1.165, 1.54) is 0 Å². The fourth-order valence-corrected chi connectivity index (χ4v) is 3.68. The Balaban J connectivity index is 1.55. The molecule has 1 aromatic carbocycles. The van der Waals surface area contributed by atoms with Gasteiger partial charge in [-0.3, -0.25) is 14.6 Å². The highest BCUT2D eigenvalue weighted by Gasteiger charge is 2.57. The Morgan fingerprint density at radius 2 is 2.00 bits per heavy atom. The SMILES string of the molecule is CC1(C(F)(F)F)OCc2cnc(C(=O)N[C@H]3CCc4cc(F)cc(F)c4NC3=O)cc21. The molecule has 2 atom stereocenters. The lowest BCUT2D eigenvalue weighted by molar-refractivity contribution is -0.272. The Morgan fingerprint density at radius 3 is 2.71 bits per heavy atom. The molecule has 0 fully saturated rings. The highest BCUT2D eigenvalue weighted by Crippen LogP contribution is 2.47. The van der Waals surface area contributed by atoms with E-state index in [9.17, 15) is 31.5 Å². The summed E-state index contributed by atoms with van der Waals surface area (Å²) in [5.41, 5.74) is -2.87. The van der Waals surface area contributed by atoms with Crippen LogP contribution in [0.2, 0.25) is 0 Å². The second kappa shape index (κ2) is 7.26. The lowest BCUT2D eigenvalue weighted by Crippen LogP contribution is -2.43. The predicted molar refractivity (Wildman–Crippen MR) is 97.0 cm³/mol. The maximum Gasteiger partial charge on any atom is 0.421 e. The summed E-state index contributed by atoms with van der Waals surface area (Å²) in [6, 6.07) is 1.58. The number of pyridine rings is 1. The highest BCUT2D eigenvalue weighted by molar-refractivity contribution is 6.01. The molecular weight excluding hydrogens is 425 g/mol. The summed E-state index contributed by atoms with van der Waals surface area (Å²) in [5, 5.41) is 4.71. The number of ether oxygens (including phenoxy) is 1. The number of hydrogen-bond donors (Lipinski definition) is 2. The van der Waals surface area contributed by atoms with Crippen molar-refractivity contribution in [2.45, 2.75) is 44.2 Å². The summed E-state index contributed by atoms with van der Waals surface area (Å²) in [6.45, 7) is 0.565. The van der Waals surface area contributed by atoms with Gasteiger partial charge in [-0.05, 0) is 37.5 Å².